The Morgan fingerprint density at radius 3 is 2.81 bits per heavy atom. The number of hydrogen-bond donors (Lipinski definition) is 1. The fraction of sp³-hybridized carbons (Fsp3) is 0.400. The molecule has 1 amide bonds. The van der Waals surface area contributed by atoms with Gasteiger partial charge in [-0.15, -0.1) is 0 Å². The van der Waals surface area contributed by atoms with Gasteiger partial charge in [0.15, 0.2) is 11.5 Å². The van der Waals surface area contributed by atoms with Gasteiger partial charge in [-0.2, -0.15) is 0 Å². The number of nitrogens with zero attached hydrogens (tertiary/aromatic N) is 2. The molecule has 3 heterocycles. The Bertz CT molecular complexity index is 791. The van der Waals surface area contributed by atoms with Crippen LogP contribution in [0, 0.1) is 5.92 Å². The fourth-order valence-electron chi connectivity index (χ4n) is 3.43. The maximum absolute atomic E-state index is 12.5. The average Bonchev–Trinajstić information content (AvgIpc) is 2.68. The predicted octanol–water partition coefficient (Wildman–Crippen LogP) is 3.34. The number of anilines is 2. The van der Waals surface area contributed by atoms with Crippen LogP contribution in [0.5, 0.6) is 11.5 Å². The van der Waals surface area contributed by atoms with Crippen molar-refractivity contribution in [3.63, 3.8) is 0 Å². The van der Waals surface area contributed by atoms with E-state index in [4.69, 9.17) is 9.47 Å². The summed E-state index contributed by atoms with van der Waals surface area (Å²) in [5.74, 6) is 2.79. The van der Waals surface area contributed by atoms with Crippen molar-refractivity contribution in [1.29, 1.82) is 0 Å². The fourth-order valence-corrected chi connectivity index (χ4v) is 3.43. The standard InChI is InChI=1S/C20H23N3O3/c1-14-3-2-8-23(13-14)19-7-4-15(12-21-19)20(24)22-16-5-6-17-18(11-16)26-10-9-25-17/h4-7,11-12,14H,2-3,8-10,13H2,1H3,(H,22,24). The highest BCUT2D eigenvalue weighted by molar-refractivity contribution is 6.04. The Hall–Kier alpha value is -2.76. The van der Waals surface area contributed by atoms with E-state index in [2.05, 4.69) is 22.1 Å². The summed E-state index contributed by atoms with van der Waals surface area (Å²) < 4.78 is 11.0. The van der Waals surface area contributed by atoms with E-state index in [9.17, 15) is 4.79 Å². The van der Waals surface area contributed by atoms with E-state index in [0.29, 0.717) is 41.9 Å². The van der Waals surface area contributed by atoms with E-state index in [1.54, 1.807) is 12.3 Å². The van der Waals surface area contributed by atoms with Gasteiger partial charge in [0.05, 0.1) is 5.56 Å². The Morgan fingerprint density at radius 1 is 1.19 bits per heavy atom. The number of carbonyl (C=O) groups is 1. The molecule has 6 nitrogen and oxygen atoms in total. The van der Waals surface area contributed by atoms with Crippen molar-refractivity contribution in [2.45, 2.75) is 19.8 Å². The van der Waals surface area contributed by atoms with Gasteiger partial charge in [0.2, 0.25) is 0 Å². The van der Waals surface area contributed by atoms with E-state index in [-0.39, 0.29) is 5.91 Å². The molecule has 1 N–H and O–H groups in total. The monoisotopic (exact) mass is 353 g/mol. The van der Waals surface area contributed by atoms with E-state index in [1.807, 2.05) is 24.3 Å². The first-order valence-electron chi connectivity index (χ1n) is 9.11. The minimum atomic E-state index is -0.187. The van der Waals surface area contributed by atoms with Gasteiger partial charge in [0.25, 0.3) is 5.91 Å². The third kappa shape index (κ3) is 3.59. The van der Waals surface area contributed by atoms with Crippen LogP contribution < -0.4 is 19.7 Å². The Labute approximate surface area is 153 Å². The van der Waals surface area contributed by atoms with Crippen molar-refractivity contribution in [2.24, 2.45) is 5.92 Å². The summed E-state index contributed by atoms with van der Waals surface area (Å²) in [6, 6.07) is 9.15. The van der Waals surface area contributed by atoms with Gasteiger partial charge >= 0.3 is 0 Å². The largest absolute Gasteiger partial charge is 0.486 e. The molecule has 6 heteroatoms. The maximum Gasteiger partial charge on any atom is 0.257 e. The van der Waals surface area contributed by atoms with Crippen molar-refractivity contribution in [3.8, 4) is 11.5 Å². The van der Waals surface area contributed by atoms with Crippen molar-refractivity contribution in [2.75, 3.05) is 36.5 Å². The molecule has 26 heavy (non-hydrogen) atoms. The molecule has 0 radical (unpaired) electrons. The van der Waals surface area contributed by atoms with Crippen molar-refractivity contribution < 1.29 is 14.3 Å². The van der Waals surface area contributed by atoms with E-state index in [0.717, 1.165) is 18.9 Å². The molecule has 2 aliphatic heterocycles. The van der Waals surface area contributed by atoms with Gasteiger partial charge in [-0.1, -0.05) is 6.92 Å². The summed E-state index contributed by atoms with van der Waals surface area (Å²) in [6.07, 6.45) is 4.10. The first-order valence-corrected chi connectivity index (χ1v) is 9.11. The second-order valence-corrected chi connectivity index (χ2v) is 6.91. The number of pyridine rings is 1. The molecule has 1 fully saturated rings. The number of nitrogens with one attached hydrogen (secondary N) is 1. The highest BCUT2D eigenvalue weighted by atomic mass is 16.6. The Morgan fingerprint density at radius 2 is 2.04 bits per heavy atom. The van der Waals surface area contributed by atoms with Crippen LogP contribution >= 0.6 is 0 Å². The number of benzene rings is 1. The molecule has 1 saturated heterocycles. The van der Waals surface area contributed by atoms with E-state index >= 15 is 0 Å². The van der Waals surface area contributed by atoms with Gasteiger partial charge in [0.1, 0.15) is 19.0 Å². The third-order valence-corrected chi connectivity index (χ3v) is 4.79. The molecule has 1 aromatic carbocycles. The lowest BCUT2D eigenvalue weighted by Gasteiger charge is -2.31. The van der Waals surface area contributed by atoms with Crippen LogP contribution in [-0.4, -0.2) is 37.2 Å². The van der Waals surface area contributed by atoms with Crippen LogP contribution in [0.2, 0.25) is 0 Å². The summed E-state index contributed by atoms with van der Waals surface area (Å²) in [4.78, 5) is 19.3. The summed E-state index contributed by atoms with van der Waals surface area (Å²) in [5, 5.41) is 2.89. The molecule has 0 saturated carbocycles. The molecule has 2 aromatic rings. The number of hydrogen-bond acceptors (Lipinski definition) is 5. The first kappa shape index (κ1) is 16.7. The lowest BCUT2D eigenvalue weighted by Crippen LogP contribution is -2.34. The number of amides is 1. The Balaban J connectivity index is 1.43. The topological polar surface area (TPSA) is 63.7 Å². The normalized spacial score (nSPS) is 19.1. The lowest BCUT2D eigenvalue weighted by atomic mass is 10.0. The molecule has 1 aromatic heterocycles. The summed E-state index contributed by atoms with van der Waals surface area (Å²) in [5.41, 5.74) is 1.21. The molecule has 0 aliphatic carbocycles. The SMILES string of the molecule is CC1CCCN(c2ccc(C(=O)Nc3ccc4c(c3)OCCO4)cn2)C1. The molecular formula is C20H23N3O3. The second-order valence-electron chi connectivity index (χ2n) is 6.91. The van der Waals surface area contributed by atoms with Crippen LogP contribution in [-0.2, 0) is 0 Å². The minimum absolute atomic E-state index is 0.187. The first-order chi connectivity index (χ1) is 12.7. The summed E-state index contributed by atoms with van der Waals surface area (Å²) in [7, 11) is 0. The smallest absolute Gasteiger partial charge is 0.257 e. The molecule has 0 bridgehead atoms. The van der Waals surface area contributed by atoms with E-state index in [1.165, 1.54) is 12.8 Å². The van der Waals surface area contributed by atoms with Crippen LogP contribution in [0.15, 0.2) is 36.5 Å². The molecule has 2 aliphatic rings. The summed E-state index contributed by atoms with van der Waals surface area (Å²) in [6.45, 7) is 5.38. The minimum Gasteiger partial charge on any atom is -0.486 e. The van der Waals surface area contributed by atoms with Gasteiger partial charge in [-0.25, -0.2) is 4.98 Å². The zero-order valence-electron chi connectivity index (χ0n) is 14.9. The van der Waals surface area contributed by atoms with Crippen molar-refractivity contribution in [3.05, 3.63) is 42.1 Å². The van der Waals surface area contributed by atoms with Crippen LogP contribution in [0.3, 0.4) is 0 Å². The number of fused-ring (bicyclic) bond motifs is 1. The van der Waals surface area contributed by atoms with Gasteiger partial charge < -0.3 is 19.7 Å². The number of aromatic nitrogens is 1. The predicted molar refractivity (Wildman–Crippen MR) is 100 cm³/mol. The van der Waals surface area contributed by atoms with E-state index < -0.39 is 0 Å². The summed E-state index contributed by atoms with van der Waals surface area (Å²) >= 11 is 0. The third-order valence-electron chi connectivity index (χ3n) is 4.79. The van der Waals surface area contributed by atoms with Gasteiger partial charge in [-0.3, -0.25) is 4.79 Å². The number of rotatable bonds is 3. The van der Waals surface area contributed by atoms with Gasteiger partial charge in [0, 0.05) is 31.0 Å². The maximum atomic E-state index is 12.5. The van der Waals surface area contributed by atoms with Gasteiger partial charge in [-0.05, 0) is 43.0 Å². The lowest BCUT2D eigenvalue weighted by molar-refractivity contribution is 0.102. The highest BCUT2D eigenvalue weighted by Gasteiger charge is 2.18. The molecule has 136 valence electrons. The zero-order valence-corrected chi connectivity index (χ0v) is 14.9. The average molecular weight is 353 g/mol. The second kappa shape index (κ2) is 7.23. The number of carbonyl (C=O) groups excluding carboxylic acids is 1. The Kier molecular flexibility index (Phi) is 4.65. The molecule has 1 unspecified atom stereocenters. The molecule has 0 spiro atoms. The van der Waals surface area contributed by atoms with Crippen LogP contribution in [0.1, 0.15) is 30.1 Å². The molecular weight excluding hydrogens is 330 g/mol. The number of ether oxygens (including phenoxy) is 2. The van der Waals surface area contributed by atoms with Crippen LogP contribution in [0.25, 0.3) is 0 Å². The molecule has 1 atom stereocenters. The molecule has 4 rings (SSSR count). The number of piperidine rings is 1. The zero-order chi connectivity index (χ0) is 17.9. The quantitative estimate of drug-likeness (QED) is 0.917. The van der Waals surface area contributed by atoms with Crippen molar-refractivity contribution >= 4 is 17.4 Å². The highest BCUT2D eigenvalue weighted by Crippen LogP contribution is 2.32. The van der Waals surface area contributed by atoms with Crippen LogP contribution in [0.4, 0.5) is 11.5 Å². The van der Waals surface area contributed by atoms with Crippen molar-refractivity contribution in [1.82, 2.24) is 4.98 Å².